The molecule has 4 aromatic rings. The molecule has 4 nitrogen and oxygen atoms in total. The van der Waals surface area contributed by atoms with Crippen molar-refractivity contribution in [3.05, 3.63) is 83.4 Å². The van der Waals surface area contributed by atoms with Gasteiger partial charge in [0.05, 0.1) is 5.69 Å². The highest BCUT2D eigenvalue weighted by Gasteiger charge is 2.21. The minimum atomic E-state index is -1.04. The first-order valence-corrected chi connectivity index (χ1v) is 10.4. The summed E-state index contributed by atoms with van der Waals surface area (Å²) in [5, 5.41) is 11.4. The van der Waals surface area contributed by atoms with Crippen molar-refractivity contribution in [2.45, 2.75) is 29.4 Å². The van der Waals surface area contributed by atoms with Crippen LogP contribution in [0.15, 0.2) is 81.3 Å². The smallest absolute Gasteiger partial charge is 0.228 e. The summed E-state index contributed by atoms with van der Waals surface area (Å²) in [6, 6.07) is 17.0. The zero-order valence-electron chi connectivity index (χ0n) is 16.3. The van der Waals surface area contributed by atoms with E-state index >= 15 is 0 Å². The lowest BCUT2D eigenvalue weighted by atomic mass is 10.0. The van der Waals surface area contributed by atoms with Gasteiger partial charge < -0.3 is 9.52 Å². The van der Waals surface area contributed by atoms with Crippen LogP contribution in [0.3, 0.4) is 0 Å². The molecule has 0 fully saturated rings. The minimum Gasteiger partial charge on any atom is -0.429 e. The number of aromatic nitrogens is 2. The average Bonchev–Trinajstić information content (AvgIpc) is 3.13. The molecule has 0 atom stereocenters. The molecular formula is C23H18ClFN2O2S. The number of halogens is 2. The van der Waals surface area contributed by atoms with E-state index in [1.807, 2.05) is 18.2 Å². The van der Waals surface area contributed by atoms with E-state index in [1.54, 1.807) is 50.4 Å². The minimum absolute atomic E-state index is 0.326. The molecule has 0 saturated carbocycles. The maximum Gasteiger partial charge on any atom is 0.228 e. The monoisotopic (exact) mass is 440 g/mol. The van der Waals surface area contributed by atoms with Crippen molar-refractivity contribution in [2.75, 3.05) is 0 Å². The number of oxazole rings is 1. The summed E-state index contributed by atoms with van der Waals surface area (Å²) < 4.78 is 19.4. The standard InChI is InChI=1S/C23H18ClFN2O2S/c1-23(2,28)19-12-5-15(13-26-19)20-22(30-18-10-6-16(24)7-11-18)29-21(27-20)14-3-8-17(25)9-4-14/h3-13,28H,1-2H3. The van der Waals surface area contributed by atoms with Crippen molar-refractivity contribution in [3.8, 4) is 22.7 Å². The number of benzene rings is 2. The van der Waals surface area contributed by atoms with Crippen LogP contribution in [0.4, 0.5) is 4.39 Å². The van der Waals surface area contributed by atoms with Crippen molar-refractivity contribution in [2.24, 2.45) is 0 Å². The SMILES string of the molecule is CC(C)(O)c1ccc(-c2nc(-c3ccc(F)cc3)oc2Sc2ccc(Cl)cc2)cn1. The van der Waals surface area contributed by atoms with Crippen LogP contribution in [0.2, 0.25) is 5.02 Å². The zero-order chi connectivity index (χ0) is 21.3. The lowest BCUT2D eigenvalue weighted by Crippen LogP contribution is -2.17. The second-order valence-electron chi connectivity index (χ2n) is 7.21. The van der Waals surface area contributed by atoms with Gasteiger partial charge >= 0.3 is 0 Å². The fourth-order valence-electron chi connectivity index (χ4n) is 2.78. The number of pyridine rings is 1. The van der Waals surface area contributed by atoms with Crippen LogP contribution in [0.25, 0.3) is 22.7 Å². The van der Waals surface area contributed by atoms with E-state index in [0.717, 1.165) is 10.5 Å². The van der Waals surface area contributed by atoms with E-state index in [4.69, 9.17) is 16.0 Å². The Morgan fingerprint density at radius 2 is 1.63 bits per heavy atom. The Hall–Kier alpha value is -2.67. The van der Waals surface area contributed by atoms with E-state index in [-0.39, 0.29) is 5.82 Å². The first kappa shape index (κ1) is 20.6. The van der Waals surface area contributed by atoms with Crippen molar-refractivity contribution in [1.82, 2.24) is 9.97 Å². The van der Waals surface area contributed by atoms with Gasteiger partial charge in [-0.2, -0.15) is 0 Å². The zero-order valence-corrected chi connectivity index (χ0v) is 17.8. The van der Waals surface area contributed by atoms with E-state index in [9.17, 15) is 9.50 Å². The van der Waals surface area contributed by atoms with Crippen LogP contribution in [0.1, 0.15) is 19.5 Å². The molecule has 2 aromatic carbocycles. The molecule has 0 aliphatic carbocycles. The Morgan fingerprint density at radius 1 is 0.967 bits per heavy atom. The molecule has 0 spiro atoms. The second-order valence-corrected chi connectivity index (χ2v) is 8.69. The molecule has 4 rings (SSSR count). The van der Waals surface area contributed by atoms with Crippen molar-refractivity contribution in [3.63, 3.8) is 0 Å². The Kier molecular flexibility index (Phi) is 5.64. The summed E-state index contributed by atoms with van der Waals surface area (Å²) in [7, 11) is 0. The third kappa shape index (κ3) is 4.56. The molecule has 30 heavy (non-hydrogen) atoms. The van der Waals surface area contributed by atoms with Crippen LogP contribution in [0.5, 0.6) is 0 Å². The van der Waals surface area contributed by atoms with Gasteiger partial charge in [0.2, 0.25) is 5.89 Å². The van der Waals surface area contributed by atoms with Gasteiger partial charge in [-0.1, -0.05) is 11.6 Å². The number of aliphatic hydroxyl groups is 1. The largest absolute Gasteiger partial charge is 0.429 e. The summed E-state index contributed by atoms with van der Waals surface area (Å²) in [4.78, 5) is 9.95. The quantitative estimate of drug-likeness (QED) is 0.380. The maximum atomic E-state index is 13.3. The summed E-state index contributed by atoms with van der Waals surface area (Å²) in [6.45, 7) is 3.36. The Bertz CT molecular complexity index is 1150. The number of hydrogen-bond acceptors (Lipinski definition) is 5. The maximum absolute atomic E-state index is 13.3. The molecule has 2 aromatic heterocycles. The van der Waals surface area contributed by atoms with Crippen molar-refractivity contribution >= 4 is 23.4 Å². The highest BCUT2D eigenvalue weighted by Crippen LogP contribution is 2.39. The first-order valence-electron chi connectivity index (χ1n) is 9.19. The van der Waals surface area contributed by atoms with Crippen molar-refractivity contribution < 1.29 is 13.9 Å². The van der Waals surface area contributed by atoms with E-state index in [1.165, 1.54) is 23.9 Å². The van der Waals surface area contributed by atoms with Gasteiger partial charge in [-0.05, 0) is 86.3 Å². The van der Waals surface area contributed by atoms with E-state index < -0.39 is 5.60 Å². The molecule has 152 valence electrons. The highest BCUT2D eigenvalue weighted by molar-refractivity contribution is 7.99. The van der Waals surface area contributed by atoms with Gasteiger partial charge in [-0.3, -0.25) is 4.98 Å². The van der Waals surface area contributed by atoms with Gasteiger partial charge in [0, 0.05) is 27.2 Å². The fourth-order valence-corrected chi connectivity index (χ4v) is 3.77. The average molecular weight is 441 g/mol. The van der Waals surface area contributed by atoms with Crippen molar-refractivity contribution in [1.29, 1.82) is 0 Å². The molecule has 0 aliphatic heterocycles. The normalized spacial score (nSPS) is 11.6. The van der Waals surface area contributed by atoms with Crippen LogP contribution in [-0.4, -0.2) is 15.1 Å². The molecule has 0 saturated heterocycles. The summed E-state index contributed by atoms with van der Waals surface area (Å²) in [5.74, 6) is 0.0562. The number of hydrogen-bond donors (Lipinski definition) is 1. The molecule has 0 radical (unpaired) electrons. The van der Waals surface area contributed by atoms with Crippen LogP contribution in [-0.2, 0) is 5.60 Å². The lowest BCUT2D eigenvalue weighted by molar-refractivity contribution is 0.0739. The summed E-state index contributed by atoms with van der Waals surface area (Å²) >= 11 is 7.39. The number of nitrogens with zero attached hydrogens (tertiary/aromatic N) is 2. The Morgan fingerprint density at radius 3 is 2.23 bits per heavy atom. The molecular weight excluding hydrogens is 423 g/mol. The Labute approximate surface area is 182 Å². The van der Waals surface area contributed by atoms with E-state index in [0.29, 0.717) is 33.0 Å². The molecule has 0 amide bonds. The first-order chi connectivity index (χ1) is 14.3. The Balaban J connectivity index is 1.76. The highest BCUT2D eigenvalue weighted by atomic mass is 35.5. The summed E-state index contributed by atoms with van der Waals surface area (Å²) in [5.41, 5.74) is 1.55. The molecule has 2 heterocycles. The van der Waals surface area contributed by atoms with Gasteiger partial charge in [0.1, 0.15) is 17.1 Å². The van der Waals surface area contributed by atoms with Crippen LogP contribution < -0.4 is 0 Å². The predicted octanol–water partition coefficient (Wildman–Crippen LogP) is 6.57. The molecule has 1 N–H and O–H groups in total. The molecule has 0 bridgehead atoms. The summed E-state index contributed by atoms with van der Waals surface area (Å²) in [6.07, 6.45) is 1.66. The van der Waals surface area contributed by atoms with Crippen LogP contribution >= 0.6 is 23.4 Å². The second kappa shape index (κ2) is 8.22. The van der Waals surface area contributed by atoms with Gasteiger partial charge in [0.25, 0.3) is 0 Å². The topological polar surface area (TPSA) is 59.2 Å². The predicted molar refractivity (Wildman–Crippen MR) is 116 cm³/mol. The fraction of sp³-hybridized carbons (Fsp3) is 0.130. The molecule has 0 unspecified atom stereocenters. The molecule has 0 aliphatic rings. The molecule has 7 heteroatoms. The lowest BCUT2D eigenvalue weighted by Gasteiger charge is -2.16. The van der Waals surface area contributed by atoms with Crippen LogP contribution in [0, 0.1) is 5.82 Å². The van der Waals surface area contributed by atoms with E-state index in [2.05, 4.69) is 9.97 Å². The third-order valence-corrected chi connectivity index (χ3v) is 5.60. The van der Waals surface area contributed by atoms with Gasteiger partial charge in [0.15, 0.2) is 5.09 Å². The third-order valence-electron chi connectivity index (χ3n) is 4.38. The van der Waals surface area contributed by atoms with Gasteiger partial charge in [-0.25, -0.2) is 9.37 Å². The number of rotatable bonds is 5. The van der Waals surface area contributed by atoms with Gasteiger partial charge in [-0.15, -0.1) is 0 Å².